The monoisotopic (exact) mass is 390 g/mol. The number of rotatable bonds is 3. The van der Waals surface area contributed by atoms with Gasteiger partial charge in [0.15, 0.2) is 0 Å². The van der Waals surface area contributed by atoms with Gasteiger partial charge in [-0.3, -0.25) is 4.79 Å². The molecule has 2 amide bonds. The Balaban J connectivity index is 1.54. The number of nitrogens with zero attached hydrogens (tertiary/aromatic N) is 2. The second kappa shape index (κ2) is 8.50. The molecule has 0 N–H and O–H groups in total. The number of halogens is 1. The van der Waals surface area contributed by atoms with E-state index in [9.17, 15) is 14.0 Å². The first-order valence-electron chi connectivity index (χ1n) is 10.3. The Labute approximate surface area is 166 Å². The van der Waals surface area contributed by atoms with Gasteiger partial charge in [-0.25, -0.2) is 9.18 Å². The van der Waals surface area contributed by atoms with Crippen LogP contribution in [0.5, 0.6) is 0 Å². The lowest BCUT2D eigenvalue weighted by Crippen LogP contribution is -2.47. The summed E-state index contributed by atoms with van der Waals surface area (Å²) >= 11 is 0. The molecule has 2 heterocycles. The highest BCUT2D eigenvalue weighted by atomic mass is 19.1. The largest absolute Gasteiger partial charge is 0.444 e. The van der Waals surface area contributed by atoms with Crippen molar-refractivity contribution in [3.8, 4) is 0 Å². The van der Waals surface area contributed by atoms with E-state index in [0.717, 1.165) is 31.4 Å². The minimum Gasteiger partial charge on any atom is -0.444 e. The summed E-state index contributed by atoms with van der Waals surface area (Å²) in [5.41, 5.74) is 0.554. The molecule has 28 heavy (non-hydrogen) atoms. The summed E-state index contributed by atoms with van der Waals surface area (Å²) in [5, 5.41) is 0. The average Bonchev–Trinajstić information content (AvgIpc) is 3.10. The van der Waals surface area contributed by atoms with Crippen molar-refractivity contribution in [3.05, 3.63) is 35.6 Å². The number of carbonyl (C=O) groups is 2. The van der Waals surface area contributed by atoms with Crippen molar-refractivity contribution in [2.45, 2.75) is 64.5 Å². The third-order valence-corrected chi connectivity index (χ3v) is 5.54. The van der Waals surface area contributed by atoms with Crippen molar-refractivity contribution >= 4 is 12.0 Å². The van der Waals surface area contributed by atoms with Gasteiger partial charge in [0.1, 0.15) is 11.4 Å². The molecule has 3 rings (SSSR count). The molecule has 0 saturated carbocycles. The first-order chi connectivity index (χ1) is 13.2. The number of carbonyl (C=O) groups excluding carboxylic acids is 2. The predicted octanol–water partition coefficient (Wildman–Crippen LogP) is 4.01. The van der Waals surface area contributed by atoms with Crippen LogP contribution >= 0.6 is 0 Å². The normalized spacial score (nSPS) is 21.1. The van der Waals surface area contributed by atoms with Crippen molar-refractivity contribution in [1.82, 2.24) is 9.80 Å². The maximum atomic E-state index is 13.1. The van der Waals surface area contributed by atoms with E-state index < -0.39 is 5.60 Å². The molecule has 154 valence electrons. The maximum Gasteiger partial charge on any atom is 0.410 e. The summed E-state index contributed by atoms with van der Waals surface area (Å²) in [4.78, 5) is 29.0. The van der Waals surface area contributed by atoms with Crippen LogP contribution in [0.2, 0.25) is 0 Å². The van der Waals surface area contributed by atoms with Crippen molar-refractivity contribution in [2.24, 2.45) is 5.92 Å². The number of ether oxygens (including phenoxy) is 1. The summed E-state index contributed by atoms with van der Waals surface area (Å²) in [6.45, 7) is 7.47. The Kier molecular flexibility index (Phi) is 6.26. The summed E-state index contributed by atoms with van der Waals surface area (Å²) in [5.74, 6) is -0.0687. The molecular formula is C22H31FN2O3. The van der Waals surface area contributed by atoms with Crippen molar-refractivity contribution in [1.29, 1.82) is 0 Å². The first-order valence-corrected chi connectivity index (χ1v) is 10.3. The molecule has 1 unspecified atom stereocenters. The van der Waals surface area contributed by atoms with Crippen LogP contribution in [0.4, 0.5) is 9.18 Å². The third-order valence-electron chi connectivity index (χ3n) is 5.54. The summed E-state index contributed by atoms with van der Waals surface area (Å²) in [7, 11) is 0. The fourth-order valence-corrected chi connectivity index (χ4v) is 4.10. The number of hydrogen-bond donors (Lipinski definition) is 0. The number of benzene rings is 1. The molecule has 0 aromatic heterocycles. The average molecular weight is 390 g/mol. The molecule has 6 heteroatoms. The van der Waals surface area contributed by atoms with E-state index in [1.165, 1.54) is 12.1 Å². The molecule has 1 atom stereocenters. The fraction of sp³-hybridized carbons (Fsp3) is 0.636. The van der Waals surface area contributed by atoms with Gasteiger partial charge in [-0.1, -0.05) is 12.1 Å². The number of likely N-dealkylation sites (tertiary alicyclic amines) is 2. The summed E-state index contributed by atoms with van der Waals surface area (Å²) in [6.07, 6.45) is 3.82. The number of amides is 2. The van der Waals surface area contributed by atoms with Crippen LogP contribution in [0.1, 0.15) is 52.0 Å². The zero-order valence-corrected chi connectivity index (χ0v) is 17.1. The van der Waals surface area contributed by atoms with E-state index in [-0.39, 0.29) is 29.8 Å². The van der Waals surface area contributed by atoms with Crippen LogP contribution in [-0.2, 0) is 16.0 Å². The highest BCUT2D eigenvalue weighted by Gasteiger charge is 2.36. The quantitative estimate of drug-likeness (QED) is 0.784. The third kappa shape index (κ3) is 5.24. The van der Waals surface area contributed by atoms with Gasteiger partial charge >= 0.3 is 6.09 Å². The Morgan fingerprint density at radius 2 is 1.71 bits per heavy atom. The molecule has 2 aliphatic heterocycles. The molecule has 2 fully saturated rings. The van der Waals surface area contributed by atoms with Crippen LogP contribution in [-0.4, -0.2) is 53.1 Å². The first kappa shape index (κ1) is 20.6. The molecule has 1 aromatic carbocycles. The van der Waals surface area contributed by atoms with Gasteiger partial charge in [0.25, 0.3) is 0 Å². The predicted molar refractivity (Wildman–Crippen MR) is 105 cm³/mol. The zero-order chi connectivity index (χ0) is 20.3. The lowest BCUT2D eigenvalue weighted by Gasteiger charge is -2.35. The molecule has 2 aliphatic rings. The van der Waals surface area contributed by atoms with E-state index in [1.807, 2.05) is 25.7 Å². The number of piperidine rings is 1. The number of hydrogen-bond acceptors (Lipinski definition) is 3. The van der Waals surface area contributed by atoms with Crippen molar-refractivity contribution in [3.63, 3.8) is 0 Å². The van der Waals surface area contributed by atoms with Crippen LogP contribution < -0.4 is 0 Å². The Hall–Kier alpha value is -2.11. The molecule has 1 aromatic rings. The summed E-state index contributed by atoms with van der Waals surface area (Å²) in [6, 6.07) is 6.73. The van der Waals surface area contributed by atoms with Gasteiger partial charge in [0.2, 0.25) is 5.91 Å². The smallest absolute Gasteiger partial charge is 0.410 e. The minimum atomic E-state index is -0.507. The van der Waals surface area contributed by atoms with Gasteiger partial charge in [-0.15, -0.1) is 0 Å². The van der Waals surface area contributed by atoms with Crippen molar-refractivity contribution in [2.75, 3.05) is 19.6 Å². The topological polar surface area (TPSA) is 49.9 Å². The zero-order valence-electron chi connectivity index (χ0n) is 17.1. The van der Waals surface area contributed by atoms with Gasteiger partial charge in [-0.2, -0.15) is 0 Å². The lowest BCUT2D eigenvalue weighted by molar-refractivity contribution is -0.137. The van der Waals surface area contributed by atoms with Crippen LogP contribution in [0, 0.1) is 11.7 Å². The fourth-order valence-electron chi connectivity index (χ4n) is 4.10. The second-order valence-electron chi connectivity index (χ2n) is 8.90. The van der Waals surface area contributed by atoms with E-state index in [4.69, 9.17) is 4.74 Å². The molecular weight excluding hydrogens is 359 g/mol. The van der Waals surface area contributed by atoms with Crippen LogP contribution in [0.25, 0.3) is 0 Å². The van der Waals surface area contributed by atoms with Gasteiger partial charge in [-0.05, 0) is 70.6 Å². The van der Waals surface area contributed by atoms with Gasteiger partial charge in [0.05, 0.1) is 0 Å². The van der Waals surface area contributed by atoms with E-state index >= 15 is 0 Å². The van der Waals surface area contributed by atoms with E-state index in [2.05, 4.69) is 0 Å². The molecule has 5 nitrogen and oxygen atoms in total. The van der Waals surface area contributed by atoms with Crippen LogP contribution in [0.15, 0.2) is 24.3 Å². The lowest BCUT2D eigenvalue weighted by atomic mass is 9.94. The highest BCUT2D eigenvalue weighted by Crippen LogP contribution is 2.27. The van der Waals surface area contributed by atoms with E-state index in [1.54, 1.807) is 17.0 Å². The van der Waals surface area contributed by atoms with E-state index in [0.29, 0.717) is 25.9 Å². The maximum absolute atomic E-state index is 13.1. The molecule has 0 radical (unpaired) electrons. The molecule has 2 saturated heterocycles. The SMILES string of the molecule is CC(C)(C)OC(=O)N1CCC(C(=O)N2CCCC2Cc2ccc(F)cc2)CC1. The summed E-state index contributed by atoms with van der Waals surface area (Å²) < 4.78 is 18.6. The highest BCUT2D eigenvalue weighted by molar-refractivity contribution is 5.80. The second-order valence-corrected chi connectivity index (χ2v) is 8.90. The van der Waals surface area contributed by atoms with Gasteiger partial charge < -0.3 is 14.5 Å². The van der Waals surface area contributed by atoms with Crippen molar-refractivity contribution < 1.29 is 18.7 Å². The Morgan fingerprint density at radius 3 is 2.32 bits per heavy atom. The Morgan fingerprint density at radius 1 is 1.07 bits per heavy atom. The molecule has 0 bridgehead atoms. The van der Waals surface area contributed by atoms with Gasteiger partial charge in [0, 0.05) is 31.6 Å². The molecule has 0 aliphatic carbocycles. The molecule has 0 spiro atoms. The minimum absolute atomic E-state index is 0.0347. The van der Waals surface area contributed by atoms with Crippen LogP contribution in [0.3, 0.4) is 0 Å². The Bertz CT molecular complexity index is 691. The standard InChI is InChI=1S/C22H31FN2O3/c1-22(2,3)28-21(27)24-13-10-17(11-14-24)20(26)25-12-4-5-19(25)15-16-6-8-18(23)9-7-16/h6-9,17,19H,4-5,10-15H2,1-3H3.